The van der Waals surface area contributed by atoms with Gasteiger partial charge < -0.3 is 26.4 Å². The first-order valence-electron chi connectivity index (χ1n) is 10.5. The van der Waals surface area contributed by atoms with Crippen LogP contribution in [0.3, 0.4) is 0 Å². The molecule has 0 spiro atoms. The largest absolute Gasteiger partial charge is 0.481 e. The highest BCUT2D eigenvalue weighted by Gasteiger charge is 2.38. The summed E-state index contributed by atoms with van der Waals surface area (Å²) in [5, 5.41) is 16.3. The molecule has 0 aliphatic carbocycles. The number of thiophene rings is 1. The predicted molar refractivity (Wildman–Crippen MR) is 118 cm³/mol. The van der Waals surface area contributed by atoms with Crippen LogP contribution < -0.4 is 16.4 Å². The Bertz CT molecular complexity index is 841. The van der Waals surface area contributed by atoms with Crippen molar-refractivity contribution in [1.82, 2.24) is 15.5 Å². The molecule has 5 N–H and O–H groups in total. The molecular weight excluding hydrogens is 436 g/mol. The molecule has 1 saturated heterocycles. The zero-order chi connectivity index (χ0) is 23.8. The molecule has 1 aliphatic rings. The summed E-state index contributed by atoms with van der Waals surface area (Å²) in [6.07, 6.45) is 0.231. The van der Waals surface area contributed by atoms with Crippen molar-refractivity contribution < 1.29 is 29.1 Å². The Morgan fingerprint density at radius 2 is 1.97 bits per heavy atom. The highest BCUT2D eigenvalue weighted by Crippen LogP contribution is 2.21. The second-order valence-corrected chi connectivity index (χ2v) is 9.21. The molecule has 32 heavy (non-hydrogen) atoms. The van der Waals surface area contributed by atoms with Crippen molar-refractivity contribution in [3.63, 3.8) is 0 Å². The van der Waals surface area contributed by atoms with Gasteiger partial charge in [-0.25, -0.2) is 0 Å². The van der Waals surface area contributed by atoms with Crippen LogP contribution in [0.4, 0.5) is 0 Å². The minimum Gasteiger partial charge on any atom is -0.481 e. The van der Waals surface area contributed by atoms with Gasteiger partial charge in [0.1, 0.15) is 12.1 Å². The summed E-state index contributed by atoms with van der Waals surface area (Å²) in [5.41, 5.74) is 5.39. The van der Waals surface area contributed by atoms with Crippen LogP contribution in [0.5, 0.6) is 0 Å². The molecule has 0 aromatic carbocycles. The Kier molecular flexibility index (Phi) is 9.18. The summed E-state index contributed by atoms with van der Waals surface area (Å²) in [7, 11) is 0. The molecule has 11 heteroatoms. The number of aliphatic carboxylic acids is 1. The molecule has 1 aliphatic heterocycles. The van der Waals surface area contributed by atoms with E-state index in [4.69, 9.17) is 10.8 Å². The van der Waals surface area contributed by atoms with Gasteiger partial charge in [-0.2, -0.15) is 0 Å². The second-order valence-electron chi connectivity index (χ2n) is 8.17. The van der Waals surface area contributed by atoms with Crippen LogP contribution in [0.1, 0.15) is 44.4 Å². The number of amides is 4. The van der Waals surface area contributed by atoms with E-state index in [-0.39, 0.29) is 50.1 Å². The summed E-state index contributed by atoms with van der Waals surface area (Å²) < 4.78 is 0. The zero-order valence-electron chi connectivity index (χ0n) is 18.2. The van der Waals surface area contributed by atoms with E-state index in [1.807, 2.05) is 17.5 Å². The predicted octanol–water partition coefficient (Wildman–Crippen LogP) is 0.257. The number of hydrogen-bond donors (Lipinski definition) is 4. The molecule has 176 valence electrons. The first kappa shape index (κ1) is 25.3. The summed E-state index contributed by atoms with van der Waals surface area (Å²) in [6.45, 7) is 3.66. The highest BCUT2D eigenvalue weighted by atomic mass is 32.1. The number of nitrogens with two attached hydrogens (primary N) is 1. The van der Waals surface area contributed by atoms with E-state index in [0.29, 0.717) is 6.42 Å². The average molecular weight is 467 g/mol. The van der Waals surface area contributed by atoms with Gasteiger partial charge in [0.05, 0.1) is 12.8 Å². The molecule has 2 rings (SSSR count). The number of nitrogens with one attached hydrogen (secondary N) is 2. The van der Waals surface area contributed by atoms with Crippen molar-refractivity contribution in [2.75, 3.05) is 6.54 Å². The monoisotopic (exact) mass is 466 g/mol. The number of hydrogen-bond acceptors (Lipinski definition) is 6. The molecule has 2 heterocycles. The fourth-order valence-electron chi connectivity index (χ4n) is 3.67. The molecule has 0 radical (unpaired) electrons. The van der Waals surface area contributed by atoms with Crippen LogP contribution in [0.15, 0.2) is 17.5 Å². The van der Waals surface area contributed by atoms with Crippen molar-refractivity contribution >= 4 is 40.9 Å². The van der Waals surface area contributed by atoms with Crippen molar-refractivity contribution in [1.29, 1.82) is 0 Å². The van der Waals surface area contributed by atoms with Gasteiger partial charge in [0.2, 0.25) is 23.6 Å². The number of carbonyl (C=O) groups excluding carboxylic acids is 4. The van der Waals surface area contributed by atoms with Gasteiger partial charge in [-0.1, -0.05) is 19.9 Å². The summed E-state index contributed by atoms with van der Waals surface area (Å²) in [5.74, 6) is -3.24. The first-order valence-corrected chi connectivity index (χ1v) is 11.4. The molecular formula is C21H30N4O6S. The molecule has 10 nitrogen and oxygen atoms in total. The molecule has 3 atom stereocenters. The lowest BCUT2D eigenvalue weighted by molar-refractivity contribution is -0.146. The fraction of sp³-hybridized carbons (Fsp3) is 0.571. The number of nitrogens with zero attached hydrogens (tertiary/aromatic N) is 1. The summed E-state index contributed by atoms with van der Waals surface area (Å²) >= 11 is 1.47. The van der Waals surface area contributed by atoms with Crippen molar-refractivity contribution in [3.8, 4) is 0 Å². The lowest BCUT2D eigenvalue weighted by atomic mass is 9.94. The molecule has 1 aromatic heterocycles. The number of rotatable bonds is 10. The standard InChI is InChI=1S/C21H30N4O6S/c1-12(2)19(20(22)30)24-21(31)15-10-13(23-16(26)11-14-4-3-9-32-14)7-8-25(15)17(27)5-6-18(28)29/h3-4,9,12-13,15,19H,5-8,10-11H2,1-2H3,(H2,22,30)(H,23,26)(H,24,31)(H,28,29). The first-order chi connectivity index (χ1) is 15.1. The van der Waals surface area contributed by atoms with Crippen molar-refractivity contribution in [2.24, 2.45) is 11.7 Å². The van der Waals surface area contributed by atoms with Crippen LogP contribution in [0, 0.1) is 5.92 Å². The number of carbonyl (C=O) groups is 5. The Morgan fingerprint density at radius 1 is 1.25 bits per heavy atom. The minimum atomic E-state index is -1.11. The summed E-state index contributed by atoms with van der Waals surface area (Å²) in [6, 6.07) is 1.52. The van der Waals surface area contributed by atoms with Crippen LogP contribution in [0.25, 0.3) is 0 Å². The van der Waals surface area contributed by atoms with E-state index in [1.54, 1.807) is 13.8 Å². The second kappa shape index (κ2) is 11.6. The SMILES string of the molecule is CC(C)C(NC(=O)C1CC(NC(=O)Cc2cccs2)CCN1C(=O)CCC(=O)O)C(N)=O. The third kappa shape index (κ3) is 7.33. The maximum atomic E-state index is 13.0. The van der Waals surface area contributed by atoms with Crippen molar-refractivity contribution in [3.05, 3.63) is 22.4 Å². The number of carboxylic acids is 1. The molecule has 0 bridgehead atoms. The van der Waals surface area contributed by atoms with Gasteiger partial charge >= 0.3 is 5.97 Å². The summed E-state index contributed by atoms with van der Waals surface area (Å²) in [4.78, 5) is 62.8. The third-order valence-electron chi connectivity index (χ3n) is 5.33. The van der Waals surface area contributed by atoms with Crippen LogP contribution in [-0.2, 0) is 30.4 Å². The number of carboxylic acid groups (broad SMARTS) is 1. The van der Waals surface area contributed by atoms with Crippen LogP contribution in [0.2, 0.25) is 0 Å². The number of likely N-dealkylation sites (tertiary alicyclic amines) is 1. The molecule has 1 aromatic rings. The normalized spacial score (nSPS) is 19.3. The Morgan fingerprint density at radius 3 is 2.53 bits per heavy atom. The average Bonchev–Trinajstić information content (AvgIpc) is 3.22. The quantitative estimate of drug-likeness (QED) is 0.387. The minimum absolute atomic E-state index is 0.157. The maximum Gasteiger partial charge on any atom is 0.303 e. The van der Waals surface area contributed by atoms with Gasteiger partial charge in [-0.05, 0) is 30.2 Å². The number of piperidine rings is 1. The Hall–Kier alpha value is -2.95. The smallest absolute Gasteiger partial charge is 0.303 e. The molecule has 3 unspecified atom stereocenters. The lowest BCUT2D eigenvalue weighted by Crippen LogP contribution is -2.60. The van der Waals surface area contributed by atoms with Gasteiger partial charge in [-0.15, -0.1) is 11.3 Å². The van der Waals surface area contributed by atoms with Gasteiger partial charge in [-0.3, -0.25) is 24.0 Å². The fourth-order valence-corrected chi connectivity index (χ4v) is 4.37. The molecule has 1 fully saturated rings. The van der Waals surface area contributed by atoms with E-state index in [2.05, 4.69) is 10.6 Å². The van der Waals surface area contributed by atoms with E-state index in [0.717, 1.165) is 4.88 Å². The number of primary amides is 1. The maximum absolute atomic E-state index is 13.0. The van der Waals surface area contributed by atoms with Crippen LogP contribution in [-0.4, -0.2) is 64.3 Å². The topological polar surface area (TPSA) is 159 Å². The molecule has 0 saturated carbocycles. The van der Waals surface area contributed by atoms with E-state index < -0.39 is 35.8 Å². The van der Waals surface area contributed by atoms with Gasteiger partial charge in [0, 0.05) is 23.9 Å². The van der Waals surface area contributed by atoms with Gasteiger partial charge in [0.25, 0.3) is 0 Å². The van der Waals surface area contributed by atoms with E-state index >= 15 is 0 Å². The lowest BCUT2D eigenvalue weighted by Gasteiger charge is -2.39. The van der Waals surface area contributed by atoms with Crippen molar-refractivity contribution in [2.45, 2.75) is 64.1 Å². The van der Waals surface area contributed by atoms with Gasteiger partial charge in [0.15, 0.2) is 0 Å². The molecule has 4 amide bonds. The zero-order valence-corrected chi connectivity index (χ0v) is 19.0. The Labute approximate surface area is 190 Å². The Balaban J connectivity index is 2.11. The highest BCUT2D eigenvalue weighted by molar-refractivity contribution is 7.10. The van der Waals surface area contributed by atoms with Crippen LogP contribution >= 0.6 is 11.3 Å². The third-order valence-corrected chi connectivity index (χ3v) is 6.21. The van der Waals surface area contributed by atoms with E-state index in [1.165, 1.54) is 16.2 Å². The van der Waals surface area contributed by atoms with E-state index in [9.17, 15) is 24.0 Å².